The molecule has 0 saturated carbocycles. The lowest BCUT2D eigenvalue weighted by molar-refractivity contribution is -0.140. The van der Waals surface area contributed by atoms with E-state index >= 15 is 0 Å². The van der Waals surface area contributed by atoms with Crippen molar-refractivity contribution in [3.05, 3.63) is 52.5 Å². The molecule has 1 aliphatic heterocycles. The average molecular weight is 388 g/mol. The maximum Gasteiger partial charge on any atom is 0.338 e. The minimum Gasteiger partial charge on any atom is -0.465 e. The molecule has 0 aromatic heterocycles. The van der Waals surface area contributed by atoms with Gasteiger partial charge in [-0.3, -0.25) is 4.79 Å². The van der Waals surface area contributed by atoms with E-state index in [0.29, 0.717) is 17.1 Å². The van der Waals surface area contributed by atoms with Crippen molar-refractivity contribution in [2.45, 2.75) is 40.5 Å². The fourth-order valence-corrected chi connectivity index (χ4v) is 3.11. The van der Waals surface area contributed by atoms with E-state index < -0.39 is 23.8 Å². The molecule has 0 bridgehead atoms. The number of hydrogen-bond acceptors (Lipinski definition) is 7. The van der Waals surface area contributed by atoms with E-state index in [1.54, 1.807) is 52.0 Å². The molecule has 1 aromatic carbocycles. The molecule has 1 heterocycles. The number of esters is 3. The molecule has 0 atom stereocenters. The van der Waals surface area contributed by atoms with Gasteiger partial charge in [0, 0.05) is 12.5 Å². The summed E-state index contributed by atoms with van der Waals surface area (Å²) in [5.41, 5.74) is 0.788. The first-order valence-electron chi connectivity index (χ1n) is 9.02. The van der Waals surface area contributed by atoms with E-state index in [0.717, 1.165) is 0 Å². The van der Waals surface area contributed by atoms with Crippen LogP contribution in [-0.2, 0) is 28.6 Å². The molecule has 7 nitrogen and oxygen atoms in total. The summed E-state index contributed by atoms with van der Waals surface area (Å²) in [6, 6.07) is 6.71. The van der Waals surface area contributed by atoms with Crippen LogP contribution in [0.5, 0.6) is 5.75 Å². The van der Waals surface area contributed by atoms with Gasteiger partial charge in [0.15, 0.2) is 0 Å². The van der Waals surface area contributed by atoms with Gasteiger partial charge in [-0.25, -0.2) is 9.59 Å². The Balaban J connectivity index is 2.72. The van der Waals surface area contributed by atoms with E-state index in [4.69, 9.17) is 18.9 Å². The van der Waals surface area contributed by atoms with Gasteiger partial charge >= 0.3 is 17.9 Å². The zero-order valence-corrected chi connectivity index (χ0v) is 16.7. The second-order valence-electron chi connectivity index (χ2n) is 6.05. The van der Waals surface area contributed by atoms with Crippen LogP contribution in [-0.4, -0.2) is 31.1 Å². The van der Waals surface area contributed by atoms with Gasteiger partial charge < -0.3 is 18.9 Å². The maximum absolute atomic E-state index is 12.7. The Labute approximate surface area is 163 Å². The highest BCUT2D eigenvalue weighted by Crippen LogP contribution is 2.44. The lowest BCUT2D eigenvalue weighted by Crippen LogP contribution is -2.28. The monoisotopic (exact) mass is 388 g/mol. The van der Waals surface area contributed by atoms with Crippen LogP contribution in [0.15, 0.2) is 46.9 Å². The standard InChI is InChI=1S/C21H24O7/c1-6-25-20(23)17-12(3)27-13(4)18(21(24)26-7-2)19(17)15-10-8-9-11-16(15)28-14(5)22/h8-11,19H,6-7H2,1-5H3. The average Bonchev–Trinajstić information content (AvgIpc) is 2.61. The minimum absolute atomic E-state index is 0.158. The number of para-hydroxylation sites is 1. The molecular formula is C21H24O7. The first kappa shape index (κ1) is 21.2. The molecule has 2 rings (SSSR count). The summed E-state index contributed by atoms with van der Waals surface area (Å²) in [6.45, 7) is 8.22. The van der Waals surface area contributed by atoms with Crippen molar-refractivity contribution < 1.29 is 33.3 Å². The molecule has 0 aliphatic carbocycles. The van der Waals surface area contributed by atoms with E-state index in [-0.39, 0.29) is 30.1 Å². The first-order chi connectivity index (χ1) is 13.3. The highest BCUT2D eigenvalue weighted by Gasteiger charge is 2.40. The van der Waals surface area contributed by atoms with E-state index in [1.807, 2.05) is 0 Å². The number of carbonyl (C=O) groups is 3. The van der Waals surface area contributed by atoms with Gasteiger partial charge in [-0.15, -0.1) is 0 Å². The number of allylic oxidation sites excluding steroid dienone is 2. The van der Waals surface area contributed by atoms with Gasteiger partial charge in [0.2, 0.25) is 0 Å². The highest BCUT2D eigenvalue weighted by molar-refractivity contribution is 5.99. The third-order valence-corrected chi connectivity index (χ3v) is 4.12. The lowest BCUT2D eigenvalue weighted by atomic mass is 9.81. The Hall–Kier alpha value is -3.09. The smallest absolute Gasteiger partial charge is 0.338 e. The molecule has 0 N–H and O–H groups in total. The Bertz CT molecular complexity index is 808. The van der Waals surface area contributed by atoms with E-state index in [9.17, 15) is 14.4 Å². The van der Waals surface area contributed by atoms with Gasteiger partial charge in [-0.05, 0) is 33.8 Å². The van der Waals surface area contributed by atoms with Crippen molar-refractivity contribution in [1.82, 2.24) is 0 Å². The quantitative estimate of drug-likeness (QED) is 0.545. The lowest BCUT2D eigenvalue weighted by Gasteiger charge is -2.30. The minimum atomic E-state index is -0.859. The van der Waals surface area contributed by atoms with Crippen molar-refractivity contribution in [1.29, 1.82) is 0 Å². The zero-order valence-electron chi connectivity index (χ0n) is 16.7. The van der Waals surface area contributed by atoms with E-state index in [1.165, 1.54) is 6.92 Å². The third kappa shape index (κ3) is 4.42. The second-order valence-corrected chi connectivity index (χ2v) is 6.05. The summed E-state index contributed by atoms with van der Waals surface area (Å²) in [7, 11) is 0. The van der Waals surface area contributed by atoms with E-state index in [2.05, 4.69) is 0 Å². The Morgan fingerprint density at radius 3 is 1.89 bits per heavy atom. The summed E-state index contributed by atoms with van der Waals surface area (Å²) in [5.74, 6) is -1.74. The fourth-order valence-electron chi connectivity index (χ4n) is 3.11. The predicted molar refractivity (Wildman–Crippen MR) is 100 cm³/mol. The van der Waals surface area contributed by atoms with Gasteiger partial charge in [-0.1, -0.05) is 18.2 Å². The highest BCUT2D eigenvalue weighted by atomic mass is 16.5. The molecule has 0 unspecified atom stereocenters. The molecule has 1 aromatic rings. The molecule has 0 saturated heterocycles. The fraction of sp³-hybridized carbons (Fsp3) is 0.381. The van der Waals surface area contributed by atoms with Gasteiger partial charge in [0.25, 0.3) is 0 Å². The van der Waals surface area contributed by atoms with Crippen LogP contribution in [0.25, 0.3) is 0 Å². The van der Waals surface area contributed by atoms with Crippen LogP contribution in [0.3, 0.4) is 0 Å². The van der Waals surface area contributed by atoms with Crippen LogP contribution in [0.4, 0.5) is 0 Å². The molecule has 28 heavy (non-hydrogen) atoms. The van der Waals surface area contributed by atoms with Crippen LogP contribution in [0.2, 0.25) is 0 Å². The van der Waals surface area contributed by atoms with Crippen molar-refractivity contribution in [3.63, 3.8) is 0 Å². The molecule has 0 radical (unpaired) electrons. The molecule has 150 valence electrons. The number of ether oxygens (including phenoxy) is 4. The van der Waals surface area contributed by atoms with Gasteiger partial charge in [-0.2, -0.15) is 0 Å². The molecule has 0 fully saturated rings. The number of carbonyl (C=O) groups excluding carboxylic acids is 3. The number of rotatable bonds is 6. The first-order valence-corrected chi connectivity index (χ1v) is 9.02. The predicted octanol–water partition coefficient (Wildman–Crippen LogP) is 3.40. The number of hydrogen-bond donors (Lipinski definition) is 0. The van der Waals surface area contributed by atoms with Crippen LogP contribution in [0.1, 0.15) is 46.1 Å². The van der Waals surface area contributed by atoms with Gasteiger partial charge in [0.1, 0.15) is 17.3 Å². The largest absolute Gasteiger partial charge is 0.465 e. The van der Waals surface area contributed by atoms with Crippen LogP contribution < -0.4 is 4.74 Å². The summed E-state index contributed by atoms with van der Waals surface area (Å²) in [4.78, 5) is 37.0. The van der Waals surface area contributed by atoms with Crippen molar-refractivity contribution >= 4 is 17.9 Å². The molecule has 0 spiro atoms. The third-order valence-electron chi connectivity index (χ3n) is 4.12. The maximum atomic E-state index is 12.7. The Kier molecular flexibility index (Phi) is 6.98. The number of benzene rings is 1. The van der Waals surface area contributed by atoms with Gasteiger partial charge in [0.05, 0.1) is 30.3 Å². The SMILES string of the molecule is CCOC(=O)C1=C(C)OC(C)=C(C(=O)OCC)C1c1ccccc1OC(C)=O. The van der Waals surface area contributed by atoms with Crippen LogP contribution >= 0.6 is 0 Å². The summed E-state index contributed by atoms with van der Waals surface area (Å²) >= 11 is 0. The molecule has 1 aliphatic rings. The molecular weight excluding hydrogens is 364 g/mol. The second kappa shape index (κ2) is 9.21. The van der Waals surface area contributed by atoms with Crippen molar-refractivity contribution in [3.8, 4) is 5.75 Å². The zero-order chi connectivity index (χ0) is 20.8. The molecule has 7 heteroatoms. The summed E-state index contributed by atoms with van der Waals surface area (Å²) in [6.07, 6.45) is 0. The summed E-state index contributed by atoms with van der Waals surface area (Å²) < 4.78 is 21.4. The van der Waals surface area contributed by atoms with Crippen LogP contribution in [0, 0.1) is 0 Å². The summed E-state index contributed by atoms with van der Waals surface area (Å²) in [5, 5.41) is 0. The molecule has 0 amide bonds. The van der Waals surface area contributed by atoms with Crippen molar-refractivity contribution in [2.24, 2.45) is 0 Å². The Morgan fingerprint density at radius 1 is 0.929 bits per heavy atom. The topological polar surface area (TPSA) is 88.1 Å². The normalized spacial score (nSPS) is 14.5. The Morgan fingerprint density at radius 2 is 1.43 bits per heavy atom. The van der Waals surface area contributed by atoms with Crippen molar-refractivity contribution in [2.75, 3.05) is 13.2 Å².